The first-order chi connectivity index (χ1) is 8.91. The van der Waals surface area contributed by atoms with Gasteiger partial charge in [-0.2, -0.15) is 0 Å². The molecule has 1 aromatic carbocycles. The third kappa shape index (κ3) is 4.55. The van der Waals surface area contributed by atoms with Crippen LogP contribution in [0.3, 0.4) is 0 Å². The van der Waals surface area contributed by atoms with Crippen LogP contribution in [0, 0.1) is 10.1 Å². The van der Waals surface area contributed by atoms with Crippen molar-refractivity contribution < 1.29 is 19.6 Å². The number of benzene rings is 1. The van der Waals surface area contributed by atoms with Crippen LogP contribution in [0.2, 0.25) is 5.02 Å². The number of carbonyl (C=O) groups is 2. The van der Waals surface area contributed by atoms with Gasteiger partial charge in [-0.05, 0) is 12.5 Å². The highest BCUT2D eigenvalue weighted by molar-refractivity contribution is 6.33. The average molecular weight is 287 g/mol. The zero-order chi connectivity index (χ0) is 14.4. The van der Waals surface area contributed by atoms with Crippen molar-refractivity contribution in [3.05, 3.63) is 38.9 Å². The van der Waals surface area contributed by atoms with Crippen LogP contribution >= 0.6 is 11.6 Å². The van der Waals surface area contributed by atoms with E-state index in [0.717, 1.165) is 6.07 Å². The van der Waals surface area contributed by atoms with Crippen molar-refractivity contribution in [2.45, 2.75) is 12.8 Å². The highest BCUT2D eigenvalue weighted by Crippen LogP contribution is 2.21. The van der Waals surface area contributed by atoms with Gasteiger partial charge in [0.25, 0.3) is 11.6 Å². The lowest BCUT2D eigenvalue weighted by Gasteiger charge is -2.05. The van der Waals surface area contributed by atoms with Crippen LogP contribution in [0.25, 0.3) is 0 Å². The van der Waals surface area contributed by atoms with Crippen molar-refractivity contribution in [1.82, 2.24) is 5.32 Å². The average Bonchev–Trinajstić information content (AvgIpc) is 2.34. The SMILES string of the molecule is O=C(O)CCCNC(=O)c1cc([N+](=O)[O-])ccc1Cl. The van der Waals surface area contributed by atoms with Gasteiger partial charge in [0.1, 0.15) is 0 Å². The molecule has 1 rings (SSSR count). The van der Waals surface area contributed by atoms with Crippen molar-refractivity contribution in [3.63, 3.8) is 0 Å². The van der Waals surface area contributed by atoms with Crippen molar-refractivity contribution in [3.8, 4) is 0 Å². The number of rotatable bonds is 6. The molecule has 7 nitrogen and oxygen atoms in total. The van der Waals surface area contributed by atoms with Gasteiger partial charge in [0.2, 0.25) is 0 Å². The first kappa shape index (κ1) is 14.9. The van der Waals surface area contributed by atoms with E-state index in [1.54, 1.807) is 0 Å². The molecule has 0 aliphatic rings. The van der Waals surface area contributed by atoms with E-state index in [0.29, 0.717) is 0 Å². The Morgan fingerprint density at radius 1 is 1.42 bits per heavy atom. The molecule has 102 valence electrons. The second kappa shape index (κ2) is 6.69. The number of carbonyl (C=O) groups excluding carboxylic acids is 1. The molecule has 0 atom stereocenters. The molecule has 1 amide bonds. The summed E-state index contributed by atoms with van der Waals surface area (Å²) in [6, 6.07) is 3.55. The monoisotopic (exact) mass is 286 g/mol. The Morgan fingerprint density at radius 3 is 2.68 bits per heavy atom. The molecule has 0 heterocycles. The number of nitro benzene ring substituents is 1. The fourth-order valence-corrected chi connectivity index (χ4v) is 1.54. The molecule has 8 heteroatoms. The highest BCUT2D eigenvalue weighted by Gasteiger charge is 2.15. The standard InChI is InChI=1S/C11H11ClN2O5/c12-9-4-3-7(14(18)19)6-8(9)11(17)13-5-1-2-10(15)16/h3-4,6H,1-2,5H2,(H,13,17)(H,15,16). The summed E-state index contributed by atoms with van der Waals surface area (Å²) in [6.07, 6.45) is 0.205. The van der Waals surface area contributed by atoms with E-state index < -0.39 is 16.8 Å². The number of carboxylic acid groups (broad SMARTS) is 1. The lowest BCUT2D eigenvalue weighted by Crippen LogP contribution is -2.25. The number of amides is 1. The van der Waals surface area contributed by atoms with E-state index in [9.17, 15) is 19.7 Å². The first-order valence-corrected chi connectivity index (χ1v) is 5.73. The summed E-state index contributed by atoms with van der Waals surface area (Å²) in [7, 11) is 0. The fraction of sp³-hybridized carbons (Fsp3) is 0.273. The van der Waals surface area contributed by atoms with Gasteiger partial charge < -0.3 is 10.4 Å². The zero-order valence-corrected chi connectivity index (χ0v) is 10.5. The van der Waals surface area contributed by atoms with E-state index in [1.807, 2.05) is 0 Å². The van der Waals surface area contributed by atoms with E-state index in [1.165, 1.54) is 12.1 Å². The number of hydrogen-bond donors (Lipinski definition) is 2. The number of hydrogen-bond acceptors (Lipinski definition) is 4. The lowest BCUT2D eigenvalue weighted by molar-refractivity contribution is -0.384. The summed E-state index contributed by atoms with van der Waals surface area (Å²) >= 11 is 5.78. The summed E-state index contributed by atoms with van der Waals surface area (Å²) in [5.41, 5.74) is -0.244. The van der Waals surface area contributed by atoms with Gasteiger partial charge in [-0.15, -0.1) is 0 Å². The molecule has 0 spiro atoms. The number of non-ortho nitro benzene ring substituents is 1. The van der Waals surface area contributed by atoms with Gasteiger partial charge >= 0.3 is 5.97 Å². The summed E-state index contributed by atoms with van der Waals surface area (Å²) < 4.78 is 0. The summed E-state index contributed by atoms with van der Waals surface area (Å²) in [6.45, 7) is 0.157. The Kier molecular flexibility index (Phi) is 5.25. The Labute approximate surface area is 113 Å². The summed E-state index contributed by atoms with van der Waals surface area (Å²) in [5.74, 6) is -1.53. The quantitative estimate of drug-likeness (QED) is 0.471. The van der Waals surface area contributed by atoms with E-state index in [4.69, 9.17) is 16.7 Å². The topological polar surface area (TPSA) is 110 Å². The minimum absolute atomic E-state index is 0.00816. The molecular formula is C11H11ClN2O5. The van der Waals surface area contributed by atoms with Crippen LogP contribution in [0.1, 0.15) is 23.2 Å². The number of nitrogens with zero attached hydrogens (tertiary/aromatic N) is 1. The third-order valence-corrected chi connectivity index (χ3v) is 2.59. The van der Waals surface area contributed by atoms with Gasteiger partial charge in [0.15, 0.2) is 0 Å². The van der Waals surface area contributed by atoms with Gasteiger partial charge in [0.05, 0.1) is 15.5 Å². The zero-order valence-electron chi connectivity index (χ0n) is 9.76. The summed E-state index contributed by atoms with van der Waals surface area (Å²) in [5, 5.41) is 21.6. The smallest absolute Gasteiger partial charge is 0.303 e. The molecule has 0 aliphatic heterocycles. The van der Waals surface area contributed by atoms with Gasteiger partial charge in [-0.25, -0.2) is 0 Å². The van der Waals surface area contributed by atoms with Gasteiger partial charge in [-0.3, -0.25) is 19.7 Å². The molecule has 0 radical (unpaired) electrons. The van der Waals surface area contributed by atoms with Crippen LogP contribution in [0.5, 0.6) is 0 Å². The molecule has 2 N–H and O–H groups in total. The predicted octanol–water partition coefficient (Wildman–Crippen LogP) is 1.84. The van der Waals surface area contributed by atoms with Crippen LogP contribution in [-0.2, 0) is 4.79 Å². The van der Waals surface area contributed by atoms with Crippen molar-refractivity contribution >= 4 is 29.2 Å². The van der Waals surface area contributed by atoms with E-state index >= 15 is 0 Å². The molecule has 0 unspecified atom stereocenters. The molecular weight excluding hydrogens is 276 g/mol. The highest BCUT2D eigenvalue weighted by atomic mass is 35.5. The molecule has 0 bridgehead atoms. The fourth-order valence-electron chi connectivity index (χ4n) is 1.34. The summed E-state index contributed by atoms with van der Waals surface area (Å²) in [4.78, 5) is 32.0. The largest absolute Gasteiger partial charge is 0.481 e. The number of aliphatic carboxylic acids is 1. The van der Waals surface area contributed by atoms with E-state index in [2.05, 4.69) is 5.32 Å². The number of carboxylic acids is 1. The Bertz CT molecular complexity index is 518. The van der Waals surface area contributed by atoms with Gasteiger partial charge in [0, 0.05) is 25.1 Å². The van der Waals surface area contributed by atoms with Crippen LogP contribution in [0.4, 0.5) is 5.69 Å². The Morgan fingerprint density at radius 2 is 2.11 bits per heavy atom. The molecule has 0 saturated heterocycles. The molecule has 0 aromatic heterocycles. The number of halogens is 1. The van der Waals surface area contributed by atoms with Crippen LogP contribution in [0.15, 0.2) is 18.2 Å². The normalized spacial score (nSPS) is 9.95. The Balaban J connectivity index is 2.68. The Hall–Kier alpha value is -2.15. The van der Waals surface area contributed by atoms with Gasteiger partial charge in [-0.1, -0.05) is 11.6 Å². The maximum Gasteiger partial charge on any atom is 0.303 e. The molecule has 0 saturated carbocycles. The molecule has 0 aliphatic carbocycles. The van der Waals surface area contributed by atoms with Crippen molar-refractivity contribution in [2.75, 3.05) is 6.54 Å². The minimum atomic E-state index is -0.956. The first-order valence-electron chi connectivity index (χ1n) is 5.35. The lowest BCUT2D eigenvalue weighted by atomic mass is 10.2. The van der Waals surface area contributed by atoms with E-state index in [-0.39, 0.29) is 35.7 Å². The van der Waals surface area contributed by atoms with Crippen LogP contribution in [-0.4, -0.2) is 28.5 Å². The second-order valence-corrected chi connectivity index (χ2v) is 4.08. The predicted molar refractivity (Wildman–Crippen MR) is 67.3 cm³/mol. The molecule has 0 fully saturated rings. The maximum atomic E-state index is 11.7. The maximum absolute atomic E-state index is 11.7. The van der Waals surface area contributed by atoms with Crippen LogP contribution < -0.4 is 5.32 Å². The second-order valence-electron chi connectivity index (χ2n) is 3.67. The number of nitrogens with one attached hydrogen (secondary N) is 1. The molecule has 19 heavy (non-hydrogen) atoms. The minimum Gasteiger partial charge on any atom is -0.481 e. The molecule has 1 aromatic rings. The van der Waals surface area contributed by atoms with Crippen molar-refractivity contribution in [1.29, 1.82) is 0 Å². The number of nitro groups is 1. The third-order valence-electron chi connectivity index (χ3n) is 2.26. The van der Waals surface area contributed by atoms with Crippen molar-refractivity contribution in [2.24, 2.45) is 0 Å².